The van der Waals surface area contributed by atoms with E-state index in [1.54, 1.807) is 0 Å². The highest BCUT2D eigenvalue weighted by atomic mass is 16.2. The molecule has 0 saturated carbocycles. The first-order valence-electron chi connectivity index (χ1n) is 6.22. The fourth-order valence-electron chi connectivity index (χ4n) is 1.97. The number of nitrogens with one attached hydrogen (secondary N) is 2. The van der Waals surface area contributed by atoms with Crippen LogP contribution in [0.1, 0.15) is 18.1 Å². The van der Waals surface area contributed by atoms with Crippen LogP contribution in [0.15, 0.2) is 12.2 Å². The predicted molar refractivity (Wildman–Crippen MR) is 68.1 cm³/mol. The zero-order valence-electron chi connectivity index (χ0n) is 10.8. The summed E-state index contributed by atoms with van der Waals surface area (Å²) in [7, 11) is 0. The van der Waals surface area contributed by atoms with Crippen molar-refractivity contribution in [3.05, 3.63) is 23.8 Å². The molecule has 0 fully saturated rings. The van der Waals surface area contributed by atoms with Gasteiger partial charge in [-0.3, -0.25) is 14.8 Å². The highest BCUT2D eigenvalue weighted by molar-refractivity contribution is 5.84. The second-order valence-corrected chi connectivity index (χ2v) is 4.39. The topological polar surface area (TPSA) is 71.8 Å². The van der Waals surface area contributed by atoms with Gasteiger partial charge in [0, 0.05) is 19.6 Å². The van der Waals surface area contributed by atoms with Crippen molar-refractivity contribution in [2.45, 2.75) is 32.9 Å². The minimum absolute atomic E-state index is 0.0373. The first kappa shape index (κ1) is 12.8. The lowest BCUT2D eigenvalue weighted by Crippen LogP contribution is -2.40. The largest absolute Gasteiger partial charge is 0.354 e. The normalized spacial score (nSPS) is 18.2. The molecule has 0 aromatic carbocycles. The quantitative estimate of drug-likeness (QED) is 0.566. The van der Waals surface area contributed by atoms with Gasteiger partial charge in [-0.1, -0.05) is 12.2 Å². The summed E-state index contributed by atoms with van der Waals surface area (Å²) in [6, 6.07) is -0.166. The lowest BCUT2D eigenvalue weighted by atomic mass is 10.3. The molecule has 0 aliphatic carbocycles. The Morgan fingerprint density at radius 2 is 2.44 bits per heavy atom. The fraction of sp³-hybridized carbons (Fsp3) is 0.583. The summed E-state index contributed by atoms with van der Waals surface area (Å²) in [5.74, 6) is 1.74. The van der Waals surface area contributed by atoms with Crippen LogP contribution in [-0.4, -0.2) is 39.8 Å². The molecule has 1 aliphatic rings. The van der Waals surface area contributed by atoms with Crippen molar-refractivity contribution < 1.29 is 4.79 Å². The fourth-order valence-corrected chi connectivity index (χ4v) is 1.97. The molecule has 0 unspecified atom stereocenters. The Morgan fingerprint density at radius 1 is 1.61 bits per heavy atom. The molecule has 18 heavy (non-hydrogen) atoms. The highest BCUT2D eigenvalue weighted by Gasteiger charge is 2.16. The lowest BCUT2D eigenvalue weighted by Gasteiger charge is -2.10. The molecule has 1 aromatic rings. The Bertz CT molecular complexity index is 451. The molecule has 1 amide bonds. The van der Waals surface area contributed by atoms with Gasteiger partial charge in [0.05, 0.1) is 0 Å². The Kier molecular flexibility index (Phi) is 4.09. The Labute approximate surface area is 106 Å². The number of aromatic nitrogens is 3. The number of hydrogen-bond donors (Lipinski definition) is 2. The minimum Gasteiger partial charge on any atom is -0.354 e. The van der Waals surface area contributed by atoms with Gasteiger partial charge in [-0.15, -0.1) is 0 Å². The molecule has 0 radical (unpaired) electrons. The zero-order chi connectivity index (χ0) is 13.0. The smallest absolute Gasteiger partial charge is 0.241 e. The third kappa shape index (κ3) is 3.16. The van der Waals surface area contributed by atoms with E-state index in [-0.39, 0.29) is 11.9 Å². The van der Waals surface area contributed by atoms with Crippen LogP contribution in [-0.2, 0) is 11.3 Å². The molecule has 0 saturated heterocycles. The van der Waals surface area contributed by atoms with E-state index < -0.39 is 0 Å². The molecule has 0 spiro atoms. The Balaban J connectivity index is 1.68. The van der Waals surface area contributed by atoms with Crippen molar-refractivity contribution >= 4 is 5.91 Å². The van der Waals surface area contributed by atoms with E-state index in [0.29, 0.717) is 6.54 Å². The molecule has 1 aromatic heterocycles. The van der Waals surface area contributed by atoms with Crippen LogP contribution in [0.3, 0.4) is 0 Å². The number of carbonyl (C=O) groups is 1. The maximum atomic E-state index is 11.7. The number of hydrogen-bond acceptors (Lipinski definition) is 4. The van der Waals surface area contributed by atoms with E-state index in [2.05, 4.69) is 20.7 Å². The lowest BCUT2D eigenvalue weighted by molar-refractivity contribution is -0.121. The molecule has 2 N–H and O–H groups in total. The highest BCUT2D eigenvalue weighted by Crippen LogP contribution is 1.98. The number of nitrogens with zero attached hydrogens (tertiary/aromatic N) is 3. The predicted octanol–water partition coefficient (Wildman–Crippen LogP) is -0.0708. The molecule has 1 atom stereocenters. The van der Waals surface area contributed by atoms with Gasteiger partial charge in [-0.05, 0) is 20.3 Å². The molecule has 98 valence electrons. The average molecular weight is 249 g/mol. The summed E-state index contributed by atoms with van der Waals surface area (Å²) < 4.78 is 1.87. The molecule has 2 rings (SSSR count). The van der Waals surface area contributed by atoms with Crippen molar-refractivity contribution in [2.75, 3.05) is 13.1 Å². The van der Waals surface area contributed by atoms with E-state index in [4.69, 9.17) is 0 Å². The number of amides is 1. The van der Waals surface area contributed by atoms with E-state index in [0.717, 1.165) is 31.2 Å². The van der Waals surface area contributed by atoms with Crippen LogP contribution in [0.5, 0.6) is 0 Å². The van der Waals surface area contributed by atoms with Crippen LogP contribution in [0.4, 0.5) is 0 Å². The van der Waals surface area contributed by atoms with E-state index in [9.17, 15) is 4.79 Å². The number of rotatable bonds is 5. The summed E-state index contributed by atoms with van der Waals surface area (Å²) >= 11 is 0. The van der Waals surface area contributed by atoms with E-state index in [1.165, 1.54) is 0 Å². The molecule has 2 heterocycles. The Morgan fingerprint density at radius 3 is 3.06 bits per heavy atom. The average Bonchev–Trinajstić information content (AvgIpc) is 2.94. The third-order valence-electron chi connectivity index (χ3n) is 2.88. The molecule has 1 aliphatic heterocycles. The SMILES string of the molecule is Cc1nc(C)n(CCCNC(=O)[C@H]2C=CCN2)n1. The molecule has 0 bridgehead atoms. The van der Waals surface area contributed by atoms with Crippen molar-refractivity contribution in [1.82, 2.24) is 25.4 Å². The van der Waals surface area contributed by atoms with E-state index in [1.807, 2.05) is 30.7 Å². The van der Waals surface area contributed by atoms with Crippen molar-refractivity contribution in [1.29, 1.82) is 0 Å². The van der Waals surface area contributed by atoms with Gasteiger partial charge in [-0.2, -0.15) is 5.10 Å². The van der Waals surface area contributed by atoms with E-state index >= 15 is 0 Å². The van der Waals surface area contributed by atoms with Crippen LogP contribution in [0, 0.1) is 13.8 Å². The third-order valence-corrected chi connectivity index (χ3v) is 2.88. The summed E-state index contributed by atoms with van der Waals surface area (Å²) in [5.41, 5.74) is 0. The minimum atomic E-state index is -0.166. The maximum Gasteiger partial charge on any atom is 0.241 e. The van der Waals surface area contributed by atoms with Crippen LogP contribution in [0.25, 0.3) is 0 Å². The van der Waals surface area contributed by atoms with Gasteiger partial charge < -0.3 is 5.32 Å². The second kappa shape index (κ2) is 5.77. The van der Waals surface area contributed by atoms with Gasteiger partial charge in [0.2, 0.25) is 5.91 Å². The van der Waals surface area contributed by atoms with Gasteiger partial charge in [0.25, 0.3) is 0 Å². The zero-order valence-corrected chi connectivity index (χ0v) is 10.8. The molecule has 6 nitrogen and oxygen atoms in total. The molecular formula is C12H19N5O. The van der Waals surface area contributed by atoms with Crippen LogP contribution < -0.4 is 10.6 Å². The Hall–Kier alpha value is -1.69. The number of aryl methyl sites for hydroxylation is 3. The van der Waals surface area contributed by atoms with Gasteiger partial charge in [-0.25, -0.2) is 4.98 Å². The standard InChI is InChI=1S/C12H19N5O/c1-9-15-10(2)17(16-9)8-4-7-14-12(18)11-5-3-6-13-11/h3,5,11,13H,4,6-8H2,1-2H3,(H,14,18)/t11-/m1/s1. The first-order chi connectivity index (χ1) is 8.66. The summed E-state index contributed by atoms with van der Waals surface area (Å²) in [6.07, 6.45) is 4.71. The monoisotopic (exact) mass is 249 g/mol. The van der Waals surface area contributed by atoms with Gasteiger partial charge in [0.1, 0.15) is 17.7 Å². The van der Waals surface area contributed by atoms with Crippen LogP contribution >= 0.6 is 0 Å². The summed E-state index contributed by atoms with van der Waals surface area (Å²) in [4.78, 5) is 15.9. The number of carbonyl (C=O) groups excluding carboxylic acids is 1. The maximum absolute atomic E-state index is 11.7. The van der Waals surface area contributed by atoms with Crippen molar-refractivity contribution in [2.24, 2.45) is 0 Å². The first-order valence-corrected chi connectivity index (χ1v) is 6.22. The van der Waals surface area contributed by atoms with Crippen molar-refractivity contribution in [3.8, 4) is 0 Å². The second-order valence-electron chi connectivity index (χ2n) is 4.39. The van der Waals surface area contributed by atoms with Crippen molar-refractivity contribution in [3.63, 3.8) is 0 Å². The van der Waals surface area contributed by atoms with Gasteiger partial charge >= 0.3 is 0 Å². The van der Waals surface area contributed by atoms with Gasteiger partial charge in [0.15, 0.2) is 0 Å². The summed E-state index contributed by atoms with van der Waals surface area (Å²) in [5, 5.41) is 10.3. The summed E-state index contributed by atoms with van der Waals surface area (Å²) in [6.45, 7) is 6.02. The van der Waals surface area contributed by atoms with Crippen LogP contribution in [0.2, 0.25) is 0 Å². The molecular weight excluding hydrogens is 230 g/mol. The molecule has 6 heteroatoms.